The zero-order chi connectivity index (χ0) is 17.5. The standard InChI is InChI=1S/C18H20BrNO5/c1-3-20(18(21)22)10-4-7-9(19)6-11(23-2)15-13(7)14-8(10)5-12-16(24-12)17(14)25-15/h6,8,10,12,14,16-17H,3-5H2,1-2H3,(H,21,22)/t8-,10+,12-,14?,16-,17+/m0/s1. The molecule has 2 fully saturated rings. The van der Waals surface area contributed by atoms with Gasteiger partial charge in [-0.3, -0.25) is 0 Å². The average Bonchev–Trinajstić information content (AvgIpc) is 3.26. The van der Waals surface area contributed by atoms with Gasteiger partial charge in [0.25, 0.3) is 0 Å². The van der Waals surface area contributed by atoms with E-state index in [4.69, 9.17) is 14.2 Å². The Morgan fingerprint density at radius 3 is 2.96 bits per heavy atom. The summed E-state index contributed by atoms with van der Waals surface area (Å²) in [7, 11) is 1.65. The molecule has 5 rings (SSSR count). The summed E-state index contributed by atoms with van der Waals surface area (Å²) < 4.78 is 18.7. The number of ether oxygens (including phenoxy) is 3. The number of fused-ring (bicyclic) bond motifs is 2. The zero-order valence-corrected chi connectivity index (χ0v) is 15.7. The van der Waals surface area contributed by atoms with Crippen LogP contribution in [0, 0.1) is 5.92 Å². The van der Waals surface area contributed by atoms with Gasteiger partial charge in [0.2, 0.25) is 0 Å². The summed E-state index contributed by atoms with van der Waals surface area (Å²) in [4.78, 5) is 13.4. The lowest BCUT2D eigenvalue weighted by Crippen LogP contribution is -2.53. The summed E-state index contributed by atoms with van der Waals surface area (Å²) in [5, 5.41) is 9.70. The van der Waals surface area contributed by atoms with Gasteiger partial charge in [-0.25, -0.2) is 4.79 Å². The quantitative estimate of drug-likeness (QED) is 0.776. The summed E-state index contributed by atoms with van der Waals surface area (Å²) in [6.07, 6.45) is 1.04. The van der Waals surface area contributed by atoms with Crippen molar-refractivity contribution in [3.05, 3.63) is 21.7 Å². The summed E-state index contributed by atoms with van der Waals surface area (Å²) in [5.41, 5.74) is 2.36. The number of methoxy groups -OCH3 is 1. The molecule has 2 heterocycles. The number of nitrogens with zero attached hydrogens (tertiary/aromatic N) is 1. The fourth-order valence-electron chi connectivity index (χ4n) is 5.26. The molecule has 2 aliphatic carbocycles. The molecule has 134 valence electrons. The van der Waals surface area contributed by atoms with Gasteiger partial charge in [0.15, 0.2) is 11.5 Å². The van der Waals surface area contributed by atoms with E-state index >= 15 is 0 Å². The van der Waals surface area contributed by atoms with Gasteiger partial charge in [-0.1, -0.05) is 15.9 Å². The van der Waals surface area contributed by atoms with Crippen LogP contribution >= 0.6 is 15.9 Å². The minimum atomic E-state index is -0.852. The van der Waals surface area contributed by atoms with Crippen molar-refractivity contribution in [2.24, 2.45) is 5.92 Å². The number of epoxide rings is 1. The Hall–Kier alpha value is -1.47. The van der Waals surface area contributed by atoms with E-state index < -0.39 is 6.09 Å². The fraction of sp³-hybridized carbons (Fsp3) is 0.611. The van der Waals surface area contributed by atoms with Gasteiger partial charge in [0.05, 0.1) is 13.2 Å². The summed E-state index contributed by atoms with van der Waals surface area (Å²) >= 11 is 3.67. The van der Waals surface area contributed by atoms with Gasteiger partial charge < -0.3 is 24.2 Å². The number of benzene rings is 1. The van der Waals surface area contributed by atoms with Crippen LogP contribution in [0.2, 0.25) is 0 Å². The second-order valence-corrected chi connectivity index (χ2v) is 8.12. The highest BCUT2D eigenvalue weighted by Gasteiger charge is 2.64. The van der Waals surface area contributed by atoms with Crippen LogP contribution in [0.15, 0.2) is 10.5 Å². The first kappa shape index (κ1) is 15.8. The third-order valence-electron chi connectivity index (χ3n) is 6.31. The molecule has 6 atom stereocenters. The Kier molecular flexibility index (Phi) is 3.32. The molecule has 0 bridgehead atoms. The third kappa shape index (κ3) is 2.02. The van der Waals surface area contributed by atoms with Crippen molar-refractivity contribution in [2.75, 3.05) is 13.7 Å². The second-order valence-electron chi connectivity index (χ2n) is 7.27. The summed E-state index contributed by atoms with van der Waals surface area (Å²) in [6.45, 7) is 2.39. The number of halogens is 1. The number of carbonyl (C=O) groups is 1. The Balaban J connectivity index is 1.68. The molecule has 1 amide bonds. The molecule has 4 aliphatic rings. The van der Waals surface area contributed by atoms with Gasteiger partial charge in [-0.15, -0.1) is 0 Å². The molecule has 25 heavy (non-hydrogen) atoms. The first-order valence-corrected chi connectivity index (χ1v) is 9.55. The number of amides is 1. The highest BCUT2D eigenvalue weighted by Crippen LogP contribution is 2.62. The van der Waals surface area contributed by atoms with Crippen LogP contribution in [-0.4, -0.2) is 54.1 Å². The Morgan fingerprint density at radius 2 is 2.28 bits per heavy atom. The first-order valence-electron chi connectivity index (χ1n) is 8.76. The molecule has 1 N–H and O–H groups in total. The van der Waals surface area contributed by atoms with Crippen molar-refractivity contribution >= 4 is 22.0 Å². The van der Waals surface area contributed by atoms with Crippen molar-refractivity contribution in [2.45, 2.75) is 50.0 Å². The van der Waals surface area contributed by atoms with Gasteiger partial charge >= 0.3 is 6.09 Å². The van der Waals surface area contributed by atoms with Crippen LogP contribution in [-0.2, 0) is 11.2 Å². The Bertz CT molecular complexity index is 768. The van der Waals surface area contributed by atoms with E-state index in [-0.39, 0.29) is 36.2 Å². The molecule has 1 unspecified atom stereocenters. The smallest absolute Gasteiger partial charge is 0.407 e. The normalized spacial score (nSPS) is 36.1. The third-order valence-corrected chi connectivity index (χ3v) is 7.01. The van der Waals surface area contributed by atoms with Crippen molar-refractivity contribution < 1.29 is 24.1 Å². The Labute approximate surface area is 154 Å². The summed E-state index contributed by atoms with van der Waals surface area (Å²) in [6, 6.07) is 1.89. The molecule has 7 heteroatoms. The van der Waals surface area contributed by atoms with Crippen LogP contribution in [0.3, 0.4) is 0 Å². The molecule has 0 aromatic heterocycles. The van der Waals surface area contributed by atoms with E-state index in [9.17, 15) is 9.90 Å². The highest BCUT2D eigenvalue weighted by atomic mass is 79.9. The molecular weight excluding hydrogens is 390 g/mol. The maximum absolute atomic E-state index is 11.8. The SMILES string of the molecule is CCN(C(=O)O)[C@@H]1Cc2c(Br)cc(OC)c3c2C2[C@H]1C[C@@H]1O[C@@H]1[C@@H]2O3. The maximum Gasteiger partial charge on any atom is 0.407 e. The predicted octanol–water partition coefficient (Wildman–Crippen LogP) is 3.01. The van der Waals surface area contributed by atoms with E-state index in [1.54, 1.807) is 12.0 Å². The molecule has 1 aromatic carbocycles. The molecule has 1 saturated heterocycles. The van der Waals surface area contributed by atoms with Crippen LogP contribution in [0.4, 0.5) is 4.79 Å². The number of hydrogen-bond acceptors (Lipinski definition) is 4. The van der Waals surface area contributed by atoms with Gasteiger partial charge in [-0.2, -0.15) is 0 Å². The number of rotatable bonds is 3. The largest absolute Gasteiger partial charge is 0.493 e. The first-order chi connectivity index (χ1) is 12.0. The van der Waals surface area contributed by atoms with Crippen molar-refractivity contribution in [1.82, 2.24) is 4.90 Å². The monoisotopic (exact) mass is 409 g/mol. The topological polar surface area (TPSA) is 71.5 Å². The van der Waals surface area contributed by atoms with Gasteiger partial charge in [0, 0.05) is 28.5 Å². The van der Waals surface area contributed by atoms with E-state index in [0.29, 0.717) is 13.0 Å². The average molecular weight is 410 g/mol. The fourth-order valence-corrected chi connectivity index (χ4v) is 5.85. The van der Waals surface area contributed by atoms with Crippen molar-refractivity contribution in [1.29, 1.82) is 0 Å². The molecule has 6 nitrogen and oxygen atoms in total. The highest BCUT2D eigenvalue weighted by molar-refractivity contribution is 9.10. The maximum atomic E-state index is 11.8. The number of hydrogen-bond donors (Lipinski definition) is 1. The van der Waals surface area contributed by atoms with Crippen LogP contribution in [0.1, 0.15) is 30.4 Å². The van der Waals surface area contributed by atoms with Crippen LogP contribution in [0.25, 0.3) is 0 Å². The van der Waals surface area contributed by atoms with E-state index in [1.807, 2.05) is 13.0 Å². The molecule has 0 radical (unpaired) electrons. The van der Waals surface area contributed by atoms with Crippen LogP contribution < -0.4 is 9.47 Å². The van der Waals surface area contributed by atoms with E-state index in [2.05, 4.69) is 15.9 Å². The van der Waals surface area contributed by atoms with E-state index in [1.165, 1.54) is 5.56 Å². The summed E-state index contributed by atoms with van der Waals surface area (Å²) in [5.74, 6) is 1.96. The van der Waals surface area contributed by atoms with Gasteiger partial charge in [0.1, 0.15) is 12.2 Å². The molecule has 1 aromatic rings. The number of likely N-dealkylation sites (N-methyl/N-ethyl adjacent to an activating group) is 1. The van der Waals surface area contributed by atoms with Gasteiger partial charge in [-0.05, 0) is 37.3 Å². The predicted molar refractivity (Wildman–Crippen MR) is 92.5 cm³/mol. The lowest BCUT2D eigenvalue weighted by Gasteiger charge is -2.44. The van der Waals surface area contributed by atoms with Crippen LogP contribution in [0.5, 0.6) is 11.5 Å². The lowest BCUT2D eigenvalue weighted by atomic mass is 9.65. The molecular formula is C18H20BrNO5. The minimum absolute atomic E-state index is 0.0315. The van der Waals surface area contributed by atoms with Crippen molar-refractivity contribution in [3.8, 4) is 11.5 Å². The van der Waals surface area contributed by atoms with Crippen molar-refractivity contribution in [3.63, 3.8) is 0 Å². The zero-order valence-electron chi connectivity index (χ0n) is 14.1. The Morgan fingerprint density at radius 1 is 1.48 bits per heavy atom. The minimum Gasteiger partial charge on any atom is -0.493 e. The number of carboxylic acid groups (broad SMARTS) is 1. The molecule has 2 aliphatic heterocycles. The molecule has 0 spiro atoms. The second kappa shape index (κ2) is 5.27. The lowest BCUT2D eigenvalue weighted by molar-refractivity contribution is 0.0621. The molecule has 1 saturated carbocycles. The van der Waals surface area contributed by atoms with E-state index in [0.717, 1.165) is 28.0 Å².